The Hall–Kier alpha value is -1.35. The molecule has 7 nitrogen and oxygen atoms in total. The average Bonchev–Trinajstić information content (AvgIpc) is 2.86. The van der Waals surface area contributed by atoms with Crippen molar-refractivity contribution >= 4 is 49.7 Å². The molecular weight excluding hydrogens is 396 g/mol. The molecule has 9 heteroatoms. The van der Waals surface area contributed by atoms with Gasteiger partial charge in [-0.15, -0.1) is 0 Å². The first-order chi connectivity index (χ1) is 9.47. The highest BCUT2D eigenvalue weighted by Gasteiger charge is 2.35. The lowest BCUT2D eigenvalue weighted by atomic mass is 10.1. The molecule has 2 aliphatic heterocycles. The SMILES string of the molecule is O=C1NC(=O)[C@H](C[C@H]2CNC(=O)c3cc(Br)c(Br)n32)N1. The molecule has 0 aromatic carbocycles. The summed E-state index contributed by atoms with van der Waals surface area (Å²) < 4.78 is 3.35. The van der Waals surface area contributed by atoms with Crippen LogP contribution in [-0.4, -0.2) is 35.0 Å². The fourth-order valence-corrected chi connectivity index (χ4v) is 3.48. The number of aromatic nitrogens is 1. The lowest BCUT2D eigenvalue weighted by Crippen LogP contribution is -2.42. The van der Waals surface area contributed by atoms with Gasteiger partial charge in [-0.25, -0.2) is 4.79 Å². The molecule has 0 unspecified atom stereocenters. The smallest absolute Gasteiger partial charge is 0.322 e. The van der Waals surface area contributed by atoms with Crippen molar-refractivity contribution in [3.63, 3.8) is 0 Å². The van der Waals surface area contributed by atoms with Crippen LogP contribution in [0, 0.1) is 0 Å². The van der Waals surface area contributed by atoms with Crippen molar-refractivity contribution in [2.75, 3.05) is 6.54 Å². The molecule has 4 amide bonds. The number of nitrogens with zero attached hydrogens (tertiary/aromatic N) is 1. The standard InChI is InChI=1S/C11H10Br2N4O3/c12-5-2-7-10(19)14-3-4(17(7)8(5)13)1-6-9(18)16-11(20)15-6/h2,4,6H,1,3H2,(H,14,19)(H2,15,16,18,20)/t4-,6-/m0/s1. The van der Waals surface area contributed by atoms with E-state index in [0.717, 1.165) is 9.08 Å². The minimum atomic E-state index is -0.580. The number of urea groups is 1. The third-order valence-electron chi connectivity index (χ3n) is 3.39. The van der Waals surface area contributed by atoms with E-state index in [1.165, 1.54) is 0 Å². The van der Waals surface area contributed by atoms with Crippen LogP contribution in [0.5, 0.6) is 0 Å². The fraction of sp³-hybridized carbons (Fsp3) is 0.364. The highest BCUT2D eigenvalue weighted by molar-refractivity contribution is 9.13. The zero-order valence-electron chi connectivity index (χ0n) is 10.1. The van der Waals surface area contributed by atoms with Crippen molar-refractivity contribution in [1.82, 2.24) is 20.5 Å². The van der Waals surface area contributed by atoms with Crippen LogP contribution in [0.3, 0.4) is 0 Å². The van der Waals surface area contributed by atoms with Gasteiger partial charge in [-0.05, 0) is 44.3 Å². The molecule has 20 heavy (non-hydrogen) atoms. The molecule has 0 saturated carbocycles. The van der Waals surface area contributed by atoms with Crippen molar-refractivity contribution in [2.45, 2.75) is 18.5 Å². The first kappa shape index (κ1) is 13.6. The Kier molecular flexibility index (Phi) is 3.33. The summed E-state index contributed by atoms with van der Waals surface area (Å²) >= 11 is 6.80. The van der Waals surface area contributed by atoms with Crippen LogP contribution in [0.2, 0.25) is 0 Å². The maximum atomic E-state index is 11.8. The number of carbonyl (C=O) groups is 3. The summed E-state index contributed by atoms with van der Waals surface area (Å²) in [5, 5.41) is 7.55. The van der Waals surface area contributed by atoms with Gasteiger partial charge >= 0.3 is 6.03 Å². The van der Waals surface area contributed by atoms with E-state index >= 15 is 0 Å². The summed E-state index contributed by atoms with van der Waals surface area (Å²) in [7, 11) is 0. The highest BCUT2D eigenvalue weighted by atomic mass is 79.9. The summed E-state index contributed by atoms with van der Waals surface area (Å²) in [6, 6.07) is 0.549. The van der Waals surface area contributed by atoms with E-state index in [4.69, 9.17) is 0 Å². The lowest BCUT2D eigenvalue weighted by molar-refractivity contribution is -0.120. The number of halogens is 2. The van der Waals surface area contributed by atoms with Crippen LogP contribution in [-0.2, 0) is 4.79 Å². The van der Waals surface area contributed by atoms with Crippen LogP contribution in [0.15, 0.2) is 15.1 Å². The highest BCUT2D eigenvalue weighted by Crippen LogP contribution is 2.34. The zero-order valence-corrected chi connectivity index (χ0v) is 13.2. The molecule has 0 bridgehead atoms. The second-order valence-electron chi connectivity index (χ2n) is 4.65. The summed E-state index contributed by atoms with van der Waals surface area (Å²) in [6.07, 6.45) is 0.407. The lowest BCUT2D eigenvalue weighted by Gasteiger charge is -2.28. The van der Waals surface area contributed by atoms with Crippen molar-refractivity contribution in [1.29, 1.82) is 0 Å². The van der Waals surface area contributed by atoms with Gasteiger partial charge in [-0.1, -0.05) is 0 Å². The van der Waals surface area contributed by atoms with E-state index < -0.39 is 12.1 Å². The third-order valence-corrected chi connectivity index (χ3v) is 5.34. The molecular formula is C11H10Br2N4O3. The third kappa shape index (κ3) is 2.14. The average molecular weight is 406 g/mol. The zero-order chi connectivity index (χ0) is 14.4. The van der Waals surface area contributed by atoms with Gasteiger partial charge in [0.05, 0.1) is 15.1 Å². The van der Waals surface area contributed by atoms with Gasteiger partial charge in [0.15, 0.2) is 0 Å². The molecule has 0 radical (unpaired) electrons. The number of rotatable bonds is 2. The molecule has 0 aliphatic carbocycles. The number of fused-ring (bicyclic) bond motifs is 1. The summed E-state index contributed by atoms with van der Waals surface area (Å²) in [5.41, 5.74) is 0.518. The Morgan fingerprint density at radius 3 is 2.70 bits per heavy atom. The molecule has 1 fully saturated rings. The first-order valence-electron chi connectivity index (χ1n) is 5.93. The molecule has 3 N–H and O–H groups in total. The number of amides is 4. The molecule has 3 rings (SSSR count). The van der Waals surface area contributed by atoms with Crippen LogP contribution in [0.25, 0.3) is 0 Å². The fourth-order valence-electron chi connectivity index (χ4n) is 2.48. The van der Waals surface area contributed by atoms with Crippen molar-refractivity contribution < 1.29 is 14.4 Å². The van der Waals surface area contributed by atoms with Crippen molar-refractivity contribution in [3.8, 4) is 0 Å². The van der Waals surface area contributed by atoms with E-state index in [1.54, 1.807) is 6.07 Å². The molecule has 1 saturated heterocycles. The Balaban J connectivity index is 1.89. The van der Waals surface area contributed by atoms with Gasteiger partial charge in [0, 0.05) is 6.54 Å². The quantitative estimate of drug-likeness (QED) is 0.638. The van der Waals surface area contributed by atoms with Gasteiger partial charge in [-0.2, -0.15) is 0 Å². The molecule has 2 atom stereocenters. The van der Waals surface area contributed by atoms with Crippen molar-refractivity contribution in [2.24, 2.45) is 0 Å². The topological polar surface area (TPSA) is 92.2 Å². The molecule has 2 aliphatic rings. The van der Waals surface area contributed by atoms with E-state index in [9.17, 15) is 14.4 Å². The number of carbonyl (C=O) groups excluding carboxylic acids is 3. The molecule has 1 aromatic rings. The maximum Gasteiger partial charge on any atom is 0.322 e. The summed E-state index contributed by atoms with van der Waals surface area (Å²) in [6.45, 7) is 0.408. The molecule has 3 heterocycles. The number of hydrogen-bond donors (Lipinski definition) is 3. The van der Waals surface area contributed by atoms with Gasteiger partial charge in [0.25, 0.3) is 11.8 Å². The largest absolute Gasteiger partial charge is 0.349 e. The van der Waals surface area contributed by atoms with E-state index in [1.807, 2.05) is 4.57 Å². The van der Waals surface area contributed by atoms with Gasteiger partial charge in [0.2, 0.25) is 0 Å². The Morgan fingerprint density at radius 1 is 1.30 bits per heavy atom. The van der Waals surface area contributed by atoms with Crippen LogP contribution >= 0.6 is 31.9 Å². The molecule has 1 aromatic heterocycles. The molecule has 0 spiro atoms. The summed E-state index contributed by atoms with van der Waals surface area (Å²) in [4.78, 5) is 34.6. The normalized spacial score (nSPS) is 25.0. The minimum Gasteiger partial charge on any atom is -0.349 e. The predicted octanol–water partition coefficient (Wildman–Crippen LogP) is 0.896. The number of hydrogen-bond acceptors (Lipinski definition) is 3. The van der Waals surface area contributed by atoms with E-state index in [-0.39, 0.29) is 17.9 Å². The van der Waals surface area contributed by atoms with Crippen LogP contribution in [0.1, 0.15) is 23.0 Å². The van der Waals surface area contributed by atoms with Crippen LogP contribution in [0.4, 0.5) is 4.79 Å². The minimum absolute atomic E-state index is 0.113. The Morgan fingerprint density at radius 2 is 2.05 bits per heavy atom. The first-order valence-corrected chi connectivity index (χ1v) is 7.51. The summed E-state index contributed by atoms with van der Waals surface area (Å²) in [5.74, 6) is -0.497. The Bertz CT molecular complexity index is 627. The van der Waals surface area contributed by atoms with Crippen LogP contribution < -0.4 is 16.0 Å². The number of imide groups is 1. The van der Waals surface area contributed by atoms with Gasteiger partial charge in [0.1, 0.15) is 11.7 Å². The maximum absolute atomic E-state index is 11.8. The predicted molar refractivity (Wildman–Crippen MR) is 76.3 cm³/mol. The second-order valence-corrected chi connectivity index (χ2v) is 6.26. The van der Waals surface area contributed by atoms with Crippen molar-refractivity contribution in [3.05, 3.63) is 20.8 Å². The van der Waals surface area contributed by atoms with Gasteiger partial charge < -0.3 is 15.2 Å². The van der Waals surface area contributed by atoms with E-state index in [2.05, 4.69) is 47.8 Å². The number of nitrogens with one attached hydrogen (secondary N) is 3. The van der Waals surface area contributed by atoms with Gasteiger partial charge in [-0.3, -0.25) is 14.9 Å². The molecule has 106 valence electrons. The second kappa shape index (κ2) is 4.88. The van der Waals surface area contributed by atoms with E-state index in [0.29, 0.717) is 18.7 Å². The monoisotopic (exact) mass is 404 g/mol. The Labute approximate surface area is 130 Å².